The Morgan fingerprint density at radius 2 is 1.64 bits per heavy atom. The second-order valence-electron chi connectivity index (χ2n) is 16.4. The molecule has 0 amide bonds. The van der Waals surface area contributed by atoms with Crippen molar-refractivity contribution in [3.05, 3.63) is 11.6 Å². The Morgan fingerprint density at radius 1 is 0.915 bits per heavy atom. The maximum Gasteiger partial charge on any atom is 0.186 e. The molecule has 4 aliphatic carbocycles. The summed E-state index contributed by atoms with van der Waals surface area (Å²) in [4.78, 5) is 0. The number of hydrogen-bond donors (Lipinski definition) is 9. The van der Waals surface area contributed by atoms with Crippen LogP contribution in [0.1, 0.15) is 79.1 Å². The Labute approximate surface area is 277 Å². The predicted molar refractivity (Wildman–Crippen MR) is 167 cm³/mol. The average Bonchev–Trinajstić information content (AvgIpc) is 3.43. The fourth-order valence-corrected chi connectivity index (χ4v) is 11.4. The van der Waals surface area contributed by atoms with Crippen molar-refractivity contribution in [1.29, 1.82) is 0 Å². The molecule has 6 rings (SSSR count). The first-order valence-electron chi connectivity index (χ1n) is 17.8. The fraction of sp³-hybridized carbons (Fsp3) is 0.943. The summed E-state index contributed by atoms with van der Waals surface area (Å²) >= 11 is 0. The van der Waals surface area contributed by atoms with Gasteiger partial charge in [-0.25, -0.2) is 0 Å². The van der Waals surface area contributed by atoms with E-state index in [0.29, 0.717) is 32.1 Å². The molecule has 2 heterocycles. The lowest BCUT2D eigenvalue weighted by molar-refractivity contribution is -0.315. The zero-order valence-electron chi connectivity index (χ0n) is 28.2. The molecule has 6 aliphatic rings. The van der Waals surface area contributed by atoms with Crippen LogP contribution in [0.2, 0.25) is 0 Å². The largest absolute Gasteiger partial charge is 0.396 e. The van der Waals surface area contributed by atoms with E-state index in [-0.39, 0.29) is 41.8 Å². The minimum Gasteiger partial charge on any atom is -0.396 e. The van der Waals surface area contributed by atoms with E-state index in [4.69, 9.17) is 14.2 Å². The van der Waals surface area contributed by atoms with Gasteiger partial charge in [-0.1, -0.05) is 32.4 Å². The number of allylic oxidation sites excluding steroid dienone is 2. The van der Waals surface area contributed by atoms with E-state index in [1.54, 1.807) is 6.92 Å². The molecule has 0 radical (unpaired) electrons. The van der Waals surface area contributed by atoms with Gasteiger partial charge in [-0.2, -0.15) is 0 Å². The predicted octanol–water partition coefficient (Wildman–Crippen LogP) is -0.0184. The van der Waals surface area contributed by atoms with Crippen LogP contribution in [-0.2, 0) is 14.2 Å². The third kappa shape index (κ3) is 5.23. The van der Waals surface area contributed by atoms with Gasteiger partial charge in [-0.05, 0) is 81.5 Å². The van der Waals surface area contributed by atoms with Crippen LogP contribution in [0.4, 0.5) is 0 Å². The molecule has 0 aromatic heterocycles. The molecule has 0 aromatic carbocycles. The van der Waals surface area contributed by atoms with Crippen LogP contribution in [0.25, 0.3) is 0 Å². The molecular weight excluding hydrogens is 612 g/mol. The van der Waals surface area contributed by atoms with E-state index in [1.165, 1.54) is 5.57 Å². The highest BCUT2D eigenvalue weighted by Crippen LogP contribution is 2.68. The van der Waals surface area contributed by atoms with Gasteiger partial charge in [0, 0.05) is 17.3 Å². The zero-order valence-corrected chi connectivity index (χ0v) is 28.2. The number of hydrogen-bond acceptors (Lipinski definition) is 12. The lowest BCUT2D eigenvalue weighted by atomic mass is 9.47. The molecule has 5 fully saturated rings. The Morgan fingerprint density at radius 3 is 2.26 bits per heavy atom. The van der Waals surface area contributed by atoms with E-state index in [2.05, 4.69) is 13.0 Å². The standard InChI is InChI=1S/C35H58O12/c1-5-20-26(40)30(47-34(20,4)16-38)23(14-36)35(44)25(39)13-22-19-7-6-17-12-18(8-10-32(17,2)21(19)9-11-33(22,35)3)45-31-29(43)28(42)27(41)24(15-37)46-31/h7,17-18,20-31,36-44H,5-6,8-16H2,1-4H3/t17-,18-,20-,21?,22-,23+,24+,25-,26-,27+,28-,29+,30-,31+,32-,33-,34+,35+/m0/s1. The second kappa shape index (κ2) is 12.8. The molecule has 3 saturated carbocycles. The van der Waals surface area contributed by atoms with Crippen LogP contribution in [0.15, 0.2) is 11.6 Å². The zero-order chi connectivity index (χ0) is 34.3. The highest BCUT2D eigenvalue weighted by Gasteiger charge is 2.71. The first kappa shape index (κ1) is 36.1. The summed E-state index contributed by atoms with van der Waals surface area (Å²) < 4.78 is 18.1. The van der Waals surface area contributed by atoms with E-state index in [9.17, 15) is 46.0 Å². The SMILES string of the molecule is CC[C@H]1[C@H](O)[C@H]([C@@H](CO)[C@@]2(O)[C@@H](O)C[C@H]3C4=CC[C@H]5C[C@@H](O[C@@H]6O[C@H](CO)[C@@H](O)[C@H](O)[C@H]6O)CC[C@]5(C)C4CC[C@@]32C)O[C@]1(C)CO. The molecule has 9 N–H and O–H groups in total. The summed E-state index contributed by atoms with van der Waals surface area (Å²) in [6.45, 7) is 6.70. The molecule has 1 unspecified atom stereocenters. The number of rotatable bonds is 8. The van der Waals surface area contributed by atoms with Crippen LogP contribution in [-0.4, -0.2) is 132 Å². The Bertz CT molecular complexity index is 1170. The van der Waals surface area contributed by atoms with Gasteiger partial charge in [0.05, 0.1) is 49.8 Å². The molecule has 0 spiro atoms. The van der Waals surface area contributed by atoms with E-state index >= 15 is 0 Å². The lowest BCUT2D eigenvalue weighted by Gasteiger charge is -2.59. The summed E-state index contributed by atoms with van der Waals surface area (Å²) in [5.74, 6) is -0.968. The lowest BCUT2D eigenvalue weighted by Crippen LogP contribution is -2.63. The van der Waals surface area contributed by atoms with Gasteiger partial charge in [0.15, 0.2) is 6.29 Å². The summed E-state index contributed by atoms with van der Waals surface area (Å²) in [5, 5.41) is 97.1. The fourth-order valence-electron chi connectivity index (χ4n) is 11.4. The topological polar surface area (TPSA) is 210 Å². The Kier molecular flexibility index (Phi) is 9.81. The smallest absolute Gasteiger partial charge is 0.186 e. The molecule has 2 aliphatic heterocycles. The summed E-state index contributed by atoms with van der Waals surface area (Å²) in [7, 11) is 0. The maximum atomic E-state index is 12.6. The van der Waals surface area contributed by atoms with Gasteiger partial charge in [-0.15, -0.1) is 0 Å². The molecular formula is C35H58O12. The number of aliphatic hydroxyl groups is 9. The minimum atomic E-state index is -1.72. The number of ether oxygens (including phenoxy) is 3. The van der Waals surface area contributed by atoms with Crippen molar-refractivity contribution in [2.45, 2.75) is 145 Å². The molecule has 0 bridgehead atoms. The van der Waals surface area contributed by atoms with Gasteiger partial charge in [0.25, 0.3) is 0 Å². The van der Waals surface area contributed by atoms with Crippen LogP contribution in [0, 0.1) is 40.4 Å². The van der Waals surface area contributed by atoms with Crippen molar-refractivity contribution >= 4 is 0 Å². The minimum absolute atomic E-state index is 0.0647. The van der Waals surface area contributed by atoms with Crippen LogP contribution in [0.5, 0.6) is 0 Å². The molecule has 18 atom stereocenters. The van der Waals surface area contributed by atoms with Gasteiger partial charge >= 0.3 is 0 Å². The summed E-state index contributed by atoms with van der Waals surface area (Å²) in [6, 6.07) is 0. The summed E-state index contributed by atoms with van der Waals surface area (Å²) in [6.07, 6.45) is -2.28. The van der Waals surface area contributed by atoms with Gasteiger partial charge in [0.2, 0.25) is 0 Å². The van der Waals surface area contributed by atoms with Crippen molar-refractivity contribution in [3.8, 4) is 0 Å². The van der Waals surface area contributed by atoms with Crippen LogP contribution >= 0.6 is 0 Å². The van der Waals surface area contributed by atoms with Crippen molar-refractivity contribution < 1.29 is 60.2 Å². The van der Waals surface area contributed by atoms with E-state index in [0.717, 1.165) is 19.3 Å². The molecule has 0 aromatic rings. The average molecular weight is 671 g/mol. The highest BCUT2D eigenvalue weighted by molar-refractivity contribution is 5.32. The number of aliphatic hydroxyl groups excluding tert-OH is 8. The van der Waals surface area contributed by atoms with E-state index < -0.39 is 84.8 Å². The van der Waals surface area contributed by atoms with Crippen molar-refractivity contribution in [2.75, 3.05) is 19.8 Å². The third-order valence-corrected chi connectivity index (χ3v) is 14.4. The molecule has 12 heteroatoms. The Balaban J connectivity index is 1.21. The molecule has 270 valence electrons. The van der Waals surface area contributed by atoms with Crippen molar-refractivity contribution in [2.24, 2.45) is 40.4 Å². The first-order chi connectivity index (χ1) is 22.1. The number of fused-ring (bicyclic) bond motifs is 5. The van der Waals surface area contributed by atoms with Gasteiger partial charge in [0.1, 0.15) is 30.0 Å². The van der Waals surface area contributed by atoms with Gasteiger partial charge < -0.3 is 60.2 Å². The highest BCUT2D eigenvalue weighted by atomic mass is 16.7. The van der Waals surface area contributed by atoms with Gasteiger partial charge in [-0.3, -0.25) is 0 Å². The van der Waals surface area contributed by atoms with E-state index in [1.807, 2.05) is 13.8 Å². The summed E-state index contributed by atoms with van der Waals surface area (Å²) in [5.41, 5.74) is -2.35. The maximum absolute atomic E-state index is 12.6. The normalized spacial score (nSPS) is 55.2. The third-order valence-electron chi connectivity index (χ3n) is 14.4. The van der Waals surface area contributed by atoms with Crippen LogP contribution in [0.3, 0.4) is 0 Å². The van der Waals surface area contributed by atoms with Crippen LogP contribution < -0.4 is 0 Å². The second-order valence-corrected chi connectivity index (χ2v) is 16.4. The first-order valence-corrected chi connectivity index (χ1v) is 17.8. The van der Waals surface area contributed by atoms with Crippen molar-refractivity contribution in [3.63, 3.8) is 0 Å². The molecule has 12 nitrogen and oxygen atoms in total. The quantitative estimate of drug-likeness (QED) is 0.156. The molecule has 47 heavy (non-hydrogen) atoms. The monoisotopic (exact) mass is 670 g/mol. The molecule has 2 saturated heterocycles. The van der Waals surface area contributed by atoms with Crippen molar-refractivity contribution in [1.82, 2.24) is 0 Å². The Hall–Kier alpha value is -0.740.